The van der Waals surface area contributed by atoms with Crippen molar-refractivity contribution in [3.63, 3.8) is 0 Å². The second kappa shape index (κ2) is 6.11. The van der Waals surface area contributed by atoms with Crippen LogP contribution < -0.4 is 16.4 Å². The molecule has 2 atom stereocenters. The minimum atomic E-state index is -1.15. The summed E-state index contributed by atoms with van der Waals surface area (Å²) in [5.74, 6) is -1.15. The lowest BCUT2D eigenvalue weighted by Crippen LogP contribution is -2.46. The Kier molecular flexibility index (Phi) is 4.46. The van der Waals surface area contributed by atoms with Gasteiger partial charge in [0.2, 0.25) is 0 Å². The smallest absolute Gasteiger partial charge is 0.322 e. The summed E-state index contributed by atoms with van der Waals surface area (Å²) >= 11 is 5.92. The van der Waals surface area contributed by atoms with Crippen molar-refractivity contribution in [2.45, 2.75) is 24.9 Å². The van der Waals surface area contributed by atoms with Gasteiger partial charge in [-0.2, -0.15) is 0 Å². The van der Waals surface area contributed by atoms with E-state index in [1.165, 1.54) is 0 Å². The minimum absolute atomic E-state index is 0.0803. The standard InChI is InChI=1S/C13H16ClN3O3/c14-8-2-3-9-7(5-8)1-4-11(9)17-13(20)16-6-10(15)12(18)19/h2-3,5,10-11H,1,4,6,15H2,(H,18,19)(H2,16,17,20)/t10?,11-/m1/s1. The molecule has 0 radical (unpaired) electrons. The quantitative estimate of drug-likeness (QED) is 0.666. The van der Waals surface area contributed by atoms with E-state index in [0.29, 0.717) is 5.02 Å². The Bertz CT molecular complexity index is 536. The Morgan fingerprint density at radius 2 is 2.25 bits per heavy atom. The minimum Gasteiger partial charge on any atom is -0.480 e. The summed E-state index contributed by atoms with van der Waals surface area (Å²) in [5.41, 5.74) is 7.49. The summed E-state index contributed by atoms with van der Waals surface area (Å²) in [5, 5.41) is 14.6. The molecule has 0 bridgehead atoms. The Hall–Kier alpha value is -1.79. The van der Waals surface area contributed by atoms with Gasteiger partial charge < -0.3 is 21.5 Å². The highest BCUT2D eigenvalue weighted by Crippen LogP contribution is 2.32. The average Bonchev–Trinajstić information content (AvgIpc) is 2.78. The van der Waals surface area contributed by atoms with Crippen LogP contribution in [0.2, 0.25) is 5.02 Å². The molecule has 1 aliphatic carbocycles. The van der Waals surface area contributed by atoms with E-state index in [4.69, 9.17) is 22.4 Å². The number of fused-ring (bicyclic) bond motifs is 1. The number of benzene rings is 1. The summed E-state index contributed by atoms with van der Waals surface area (Å²) in [6, 6.07) is 3.99. The van der Waals surface area contributed by atoms with Gasteiger partial charge in [0.05, 0.1) is 6.04 Å². The highest BCUT2D eigenvalue weighted by molar-refractivity contribution is 6.30. The first-order chi connectivity index (χ1) is 9.47. The predicted molar refractivity (Wildman–Crippen MR) is 74.7 cm³/mol. The monoisotopic (exact) mass is 297 g/mol. The molecule has 0 heterocycles. The zero-order valence-corrected chi connectivity index (χ0v) is 11.5. The molecule has 6 nitrogen and oxygen atoms in total. The fourth-order valence-electron chi connectivity index (χ4n) is 2.24. The number of nitrogens with one attached hydrogen (secondary N) is 2. The molecule has 0 saturated heterocycles. The van der Waals surface area contributed by atoms with E-state index >= 15 is 0 Å². The Labute approximate surface area is 121 Å². The molecule has 0 saturated carbocycles. The van der Waals surface area contributed by atoms with Crippen molar-refractivity contribution < 1.29 is 14.7 Å². The molecule has 1 aromatic carbocycles. The molecule has 2 amide bonds. The Morgan fingerprint density at radius 1 is 1.50 bits per heavy atom. The number of urea groups is 1. The third kappa shape index (κ3) is 3.40. The van der Waals surface area contributed by atoms with Crippen LogP contribution in [0.3, 0.4) is 0 Å². The number of amides is 2. The fraction of sp³-hybridized carbons (Fsp3) is 0.385. The lowest BCUT2D eigenvalue weighted by molar-refractivity contribution is -0.138. The van der Waals surface area contributed by atoms with E-state index in [9.17, 15) is 9.59 Å². The zero-order valence-electron chi connectivity index (χ0n) is 10.7. The SMILES string of the molecule is NC(CNC(=O)N[C@@H]1CCc2cc(Cl)ccc21)C(=O)O. The topological polar surface area (TPSA) is 104 Å². The van der Waals surface area contributed by atoms with Crippen LogP contribution in [0.15, 0.2) is 18.2 Å². The van der Waals surface area contributed by atoms with Gasteiger partial charge in [-0.15, -0.1) is 0 Å². The van der Waals surface area contributed by atoms with Crippen LogP contribution in [-0.2, 0) is 11.2 Å². The number of carbonyl (C=O) groups is 2. The number of nitrogens with two attached hydrogens (primary N) is 1. The zero-order chi connectivity index (χ0) is 14.7. The van der Waals surface area contributed by atoms with E-state index in [2.05, 4.69) is 10.6 Å². The number of halogens is 1. The molecule has 1 unspecified atom stereocenters. The van der Waals surface area contributed by atoms with Crippen LogP contribution in [0.5, 0.6) is 0 Å². The number of carbonyl (C=O) groups excluding carboxylic acids is 1. The van der Waals surface area contributed by atoms with Gasteiger partial charge in [0.1, 0.15) is 6.04 Å². The van der Waals surface area contributed by atoms with Crippen LogP contribution in [0.1, 0.15) is 23.6 Å². The molecular formula is C13H16ClN3O3. The third-order valence-corrected chi connectivity index (χ3v) is 3.52. The van der Waals surface area contributed by atoms with E-state index in [0.717, 1.165) is 24.0 Å². The average molecular weight is 298 g/mol. The summed E-state index contributed by atoms with van der Waals surface area (Å²) < 4.78 is 0. The third-order valence-electron chi connectivity index (χ3n) is 3.29. The van der Waals surface area contributed by atoms with Gasteiger partial charge in [0, 0.05) is 11.6 Å². The number of rotatable bonds is 4. The number of aliphatic carboxylic acids is 1. The lowest BCUT2D eigenvalue weighted by atomic mass is 10.1. The number of aryl methyl sites for hydroxylation is 1. The van der Waals surface area contributed by atoms with Crippen molar-refractivity contribution in [3.8, 4) is 0 Å². The normalized spacial score (nSPS) is 18.2. The Morgan fingerprint density at radius 3 is 2.95 bits per heavy atom. The first kappa shape index (κ1) is 14.6. The molecule has 0 spiro atoms. The van der Waals surface area contributed by atoms with Gasteiger partial charge in [0.25, 0.3) is 0 Å². The highest BCUT2D eigenvalue weighted by atomic mass is 35.5. The van der Waals surface area contributed by atoms with E-state index in [-0.39, 0.29) is 12.6 Å². The summed E-state index contributed by atoms with van der Waals surface area (Å²) in [6.45, 7) is -0.110. The second-order valence-electron chi connectivity index (χ2n) is 4.73. The van der Waals surface area contributed by atoms with Crippen LogP contribution >= 0.6 is 11.6 Å². The largest absolute Gasteiger partial charge is 0.480 e. The molecule has 108 valence electrons. The maximum atomic E-state index is 11.7. The van der Waals surface area contributed by atoms with Crippen molar-refractivity contribution in [2.24, 2.45) is 5.73 Å². The second-order valence-corrected chi connectivity index (χ2v) is 5.17. The number of carboxylic acids is 1. The maximum absolute atomic E-state index is 11.7. The Balaban J connectivity index is 1.89. The van der Waals surface area contributed by atoms with Crippen LogP contribution in [0.4, 0.5) is 4.79 Å². The molecule has 0 fully saturated rings. The van der Waals surface area contributed by atoms with E-state index in [1.807, 2.05) is 12.1 Å². The van der Waals surface area contributed by atoms with Crippen LogP contribution in [0, 0.1) is 0 Å². The van der Waals surface area contributed by atoms with Crippen molar-refractivity contribution in [3.05, 3.63) is 34.3 Å². The maximum Gasteiger partial charge on any atom is 0.322 e. The van der Waals surface area contributed by atoms with Gasteiger partial charge in [-0.3, -0.25) is 4.79 Å². The molecule has 1 aliphatic rings. The molecule has 0 aromatic heterocycles. The summed E-state index contributed by atoms with van der Waals surface area (Å²) in [6.07, 6.45) is 1.66. The van der Waals surface area contributed by atoms with Gasteiger partial charge >= 0.3 is 12.0 Å². The van der Waals surface area contributed by atoms with Gasteiger partial charge in [-0.25, -0.2) is 4.79 Å². The van der Waals surface area contributed by atoms with Gasteiger partial charge in [0.15, 0.2) is 0 Å². The molecule has 2 rings (SSSR count). The van der Waals surface area contributed by atoms with Crippen molar-refractivity contribution in [2.75, 3.05) is 6.54 Å². The molecule has 0 aliphatic heterocycles. The van der Waals surface area contributed by atoms with Crippen molar-refractivity contribution in [1.82, 2.24) is 10.6 Å². The summed E-state index contributed by atoms with van der Waals surface area (Å²) in [4.78, 5) is 22.2. The van der Waals surface area contributed by atoms with Crippen LogP contribution in [0.25, 0.3) is 0 Å². The molecule has 20 heavy (non-hydrogen) atoms. The lowest BCUT2D eigenvalue weighted by Gasteiger charge is -2.15. The molecule has 7 heteroatoms. The first-order valence-electron chi connectivity index (χ1n) is 6.28. The summed E-state index contributed by atoms with van der Waals surface area (Å²) in [7, 11) is 0. The molecule has 5 N–H and O–H groups in total. The fourth-order valence-corrected chi connectivity index (χ4v) is 2.43. The number of hydrogen-bond donors (Lipinski definition) is 4. The van der Waals surface area contributed by atoms with Crippen LogP contribution in [-0.4, -0.2) is 29.7 Å². The highest BCUT2D eigenvalue weighted by Gasteiger charge is 2.24. The predicted octanol–water partition coefficient (Wildman–Crippen LogP) is 1.04. The number of carboxylic acid groups (broad SMARTS) is 1. The van der Waals surface area contributed by atoms with E-state index in [1.54, 1.807) is 6.07 Å². The van der Waals surface area contributed by atoms with Gasteiger partial charge in [-0.1, -0.05) is 17.7 Å². The van der Waals surface area contributed by atoms with Crippen molar-refractivity contribution >= 4 is 23.6 Å². The van der Waals surface area contributed by atoms with Gasteiger partial charge in [-0.05, 0) is 36.1 Å². The van der Waals surface area contributed by atoms with E-state index < -0.39 is 18.0 Å². The number of hydrogen-bond acceptors (Lipinski definition) is 3. The first-order valence-corrected chi connectivity index (χ1v) is 6.66. The van der Waals surface area contributed by atoms with Crippen molar-refractivity contribution in [1.29, 1.82) is 0 Å². The molecular weight excluding hydrogens is 282 g/mol. The molecule has 1 aromatic rings.